The number of benzene rings is 2. The molecule has 0 saturated carbocycles. The van der Waals surface area contributed by atoms with Crippen molar-refractivity contribution in [2.75, 3.05) is 13.2 Å². The average molecular weight is 503 g/mol. The van der Waals surface area contributed by atoms with Gasteiger partial charge in [-0.3, -0.25) is 9.59 Å². The Bertz CT molecular complexity index is 966. The van der Waals surface area contributed by atoms with Crippen molar-refractivity contribution in [3.8, 4) is 11.5 Å². The molecule has 0 spiro atoms. The zero-order valence-electron chi connectivity index (χ0n) is 21.6. The second kappa shape index (κ2) is 14.6. The maximum absolute atomic E-state index is 13.5. The fourth-order valence-corrected chi connectivity index (χ4v) is 4.01. The summed E-state index contributed by atoms with van der Waals surface area (Å²) in [7, 11) is 0. The molecule has 0 saturated heterocycles. The van der Waals surface area contributed by atoms with Crippen molar-refractivity contribution in [2.45, 2.75) is 78.9 Å². The van der Waals surface area contributed by atoms with Crippen molar-refractivity contribution < 1.29 is 19.1 Å². The van der Waals surface area contributed by atoms with E-state index in [1.165, 1.54) is 0 Å². The molecule has 6 nitrogen and oxygen atoms in total. The van der Waals surface area contributed by atoms with Crippen molar-refractivity contribution in [2.24, 2.45) is 0 Å². The summed E-state index contributed by atoms with van der Waals surface area (Å²) in [5.74, 6) is 1.13. The van der Waals surface area contributed by atoms with Crippen molar-refractivity contribution in [1.29, 1.82) is 0 Å². The molecule has 0 aliphatic carbocycles. The minimum absolute atomic E-state index is 0.0367. The Morgan fingerprint density at radius 1 is 0.971 bits per heavy atom. The van der Waals surface area contributed by atoms with E-state index >= 15 is 0 Å². The van der Waals surface area contributed by atoms with Gasteiger partial charge >= 0.3 is 0 Å². The third-order valence-electron chi connectivity index (χ3n) is 5.92. The standard InChI is InChI=1S/C28H39ClN2O4/c1-6-20(5)30-28(33)24(7-2)31(19-22-12-10-11-13-23(22)29)27(32)17-15-21-14-16-25(34-8-3)26(18-21)35-9-4/h10-14,16,18,20,24H,6-9,15,17,19H2,1-5H3,(H,30,33)/t20-,24+/m1/s1. The molecule has 0 aliphatic rings. The van der Waals surface area contributed by atoms with Crippen LogP contribution >= 0.6 is 11.6 Å². The summed E-state index contributed by atoms with van der Waals surface area (Å²) in [5, 5.41) is 3.61. The number of carbonyl (C=O) groups is 2. The minimum Gasteiger partial charge on any atom is -0.490 e. The summed E-state index contributed by atoms with van der Waals surface area (Å²) < 4.78 is 11.4. The van der Waals surface area contributed by atoms with Gasteiger partial charge in [0.1, 0.15) is 6.04 Å². The van der Waals surface area contributed by atoms with Gasteiger partial charge in [0.25, 0.3) is 0 Å². The van der Waals surface area contributed by atoms with E-state index in [9.17, 15) is 9.59 Å². The lowest BCUT2D eigenvalue weighted by Gasteiger charge is -2.32. The van der Waals surface area contributed by atoms with Crippen LogP contribution < -0.4 is 14.8 Å². The van der Waals surface area contributed by atoms with Crippen molar-refractivity contribution in [3.05, 3.63) is 58.6 Å². The highest BCUT2D eigenvalue weighted by Crippen LogP contribution is 2.29. The Balaban J connectivity index is 2.25. The van der Waals surface area contributed by atoms with Crippen molar-refractivity contribution >= 4 is 23.4 Å². The number of ether oxygens (including phenoxy) is 2. The second-order valence-corrected chi connectivity index (χ2v) is 8.91. The summed E-state index contributed by atoms with van der Waals surface area (Å²) in [6, 6.07) is 12.6. The quantitative estimate of drug-likeness (QED) is 0.355. The number of halogens is 1. The number of nitrogens with zero attached hydrogens (tertiary/aromatic N) is 1. The lowest BCUT2D eigenvalue weighted by atomic mass is 10.1. The first-order chi connectivity index (χ1) is 16.8. The van der Waals surface area contributed by atoms with Gasteiger partial charge < -0.3 is 19.7 Å². The summed E-state index contributed by atoms with van der Waals surface area (Å²) in [6.45, 7) is 11.1. The Hall–Kier alpha value is -2.73. The topological polar surface area (TPSA) is 67.9 Å². The molecule has 0 aliphatic heterocycles. The molecule has 2 atom stereocenters. The molecule has 0 unspecified atom stereocenters. The number of amides is 2. The summed E-state index contributed by atoms with van der Waals surface area (Å²) in [4.78, 5) is 28.3. The highest BCUT2D eigenvalue weighted by Gasteiger charge is 2.29. The van der Waals surface area contributed by atoms with E-state index in [0.717, 1.165) is 17.5 Å². The zero-order chi connectivity index (χ0) is 25.8. The zero-order valence-corrected chi connectivity index (χ0v) is 22.4. The lowest BCUT2D eigenvalue weighted by molar-refractivity contribution is -0.141. The van der Waals surface area contributed by atoms with Gasteiger partial charge in [-0.1, -0.05) is 49.7 Å². The fourth-order valence-electron chi connectivity index (χ4n) is 3.82. The molecule has 0 bridgehead atoms. The molecule has 0 aromatic heterocycles. The number of rotatable bonds is 14. The predicted octanol–water partition coefficient (Wildman–Crippen LogP) is 5.79. The van der Waals surface area contributed by atoms with Crippen LogP contribution in [-0.2, 0) is 22.6 Å². The summed E-state index contributed by atoms with van der Waals surface area (Å²) >= 11 is 6.40. The van der Waals surface area contributed by atoms with Gasteiger partial charge in [0.2, 0.25) is 11.8 Å². The smallest absolute Gasteiger partial charge is 0.243 e. The van der Waals surface area contributed by atoms with Gasteiger partial charge in [0.05, 0.1) is 13.2 Å². The number of carbonyl (C=O) groups excluding carboxylic acids is 2. The summed E-state index contributed by atoms with van der Waals surface area (Å²) in [6.07, 6.45) is 2.11. The predicted molar refractivity (Wildman–Crippen MR) is 141 cm³/mol. The number of nitrogens with one attached hydrogen (secondary N) is 1. The van der Waals surface area contributed by atoms with Crippen LogP contribution in [0.4, 0.5) is 0 Å². The van der Waals surface area contributed by atoms with Gasteiger partial charge in [-0.2, -0.15) is 0 Å². The van der Waals surface area contributed by atoms with Gasteiger partial charge in [-0.25, -0.2) is 0 Å². The molecule has 2 aromatic rings. The lowest BCUT2D eigenvalue weighted by Crippen LogP contribution is -2.50. The highest BCUT2D eigenvalue weighted by molar-refractivity contribution is 6.31. The SMILES string of the molecule is CCOc1ccc(CCC(=O)N(Cc2ccccc2Cl)[C@@H](CC)C(=O)N[C@H](C)CC)cc1OCC. The molecule has 0 radical (unpaired) electrons. The maximum Gasteiger partial charge on any atom is 0.243 e. The van der Waals surface area contributed by atoms with Gasteiger partial charge in [0.15, 0.2) is 11.5 Å². The Labute approximate surface area is 214 Å². The molecule has 2 aromatic carbocycles. The summed E-state index contributed by atoms with van der Waals surface area (Å²) in [5.41, 5.74) is 1.79. The van der Waals surface area contributed by atoms with Gasteiger partial charge in [-0.15, -0.1) is 0 Å². The minimum atomic E-state index is -0.577. The van der Waals surface area contributed by atoms with Crippen LogP contribution in [0.3, 0.4) is 0 Å². The third kappa shape index (κ3) is 8.46. The van der Waals surface area contributed by atoms with E-state index in [4.69, 9.17) is 21.1 Å². The normalized spacial score (nSPS) is 12.5. The van der Waals surface area contributed by atoms with E-state index in [-0.39, 0.29) is 30.8 Å². The molecule has 0 heterocycles. The van der Waals surface area contributed by atoms with Crippen LogP contribution in [0, 0.1) is 0 Å². The first-order valence-corrected chi connectivity index (χ1v) is 12.9. The maximum atomic E-state index is 13.5. The highest BCUT2D eigenvalue weighted by atomic mass is 35.5. The van der Waals surface area contributed by atoms with E-state index in [2.05, 4.69) is 5.32 Å². The van der Waals surface area contributed by atoms with Gasteiger partial charge in [0, 0.05) is 24.0 Å². The van der Waals surface area contributed by atoms with Crippen molar-refractivity contribution in [3.63, 3.8) is 0 Å². The van der Waals surface area contributed by atoms with E-state index in [1.54, 1.807) is 11.0 Å². The van der Waals surface area contributed by atoms with E-state index in [0.29, 0.717) is 42.6 Å². The molecule has 192 valence electrons. The van der Waals surface area contributed by atoms with Crippen LogP contribution in [0.5, 0.6) is 11.5 Å². The first kappa shape index (κ1) is 28.5. The molecule has 0 fully saturated rings. The molecule has 1 N–H and O–H groups in total. The molecule has 35 heavy (non-hydrogen) atoms. The van der Waals surface area contributed by atoms with Crippen LogP contribution in [0.15, 0.2) is 42.5 Å². The number of hydrogen-bond donors (Lipinski definition) is 1. The largest absolute Gasteiger partial charge is 0.490 e. The van der Waals surface area contributed by atoms with Crippen LogP contribution in [0.25, 0.3) is 0 Å². The monoisotopic (exact) mass is 502 g/mol. The molecular weight excluding hydrogens is 464 g/mol. The Morgan fingerprint density at radius 2 is 1.66 bits per heavy atom. The Morgan fingerprint density at radius 3 is 2.29 bits per heavy atom. The van der Waals surface area contributed by atoms with Crippen LogP contribution in [0.1, 0.15) is 65.0 Å². The Kier molecular flexibility index (Phi) is 11.9. The van der Waals surface area contributed by atoms with Gasteiger partial charge in [-0.05, 0) is 69.4 Å². The van der Waals surface area contributed by atoms with E-state index < -0.39 is 6.04 Å². The van der Waals surface area contributed by atoms with Crippen LogP contribution in [0.2, 0.25) is 5.02 Å². The molecular formula is C28H39ClN2O4. The number of hydrogen-bond acceptors (Lipinski definition) is 4. The second-order valence-electron chi connectivity index (χ2n) is 8.50. The first-order valence-electron chi connectivity index (χ1n) is 12.6. The molecule has 7 heteroatoms. The average Bonchev–Trinajstić information content (AvgIpc) is 2.85. The molecule has 2 amide bonds. The number of aryl methyl sites for hydroxylation is 1. The van der Waals surface area contributed by atoms with E-state index in [1.807, 2.05) is 71.0 Å². The van der Waals surface area contributed by atoms with Crippen LogP contribution in [-0.4, -0.2) is 42.0 Å². The molecule has 2 rings (SSSR count). The fraction of sp³-hybridized carbons (Fsp3) is 0.500. The third-order valence-corrected chi connectivity index (χ3v) is 6.29. The van der Waals surface area contributed by atoms with Crippen molar-refractivity contribution in [1.82, 2.24) is 10.2 Å².